The van der Waals surface area contributed by atoms with E-state index in [4.69, 9.17) is 17.3 Å². The van der Waals surface area contributed by atoms with Crippen molar-refractivity contribution in [3.63, 3.8) is 0 Å². The summed E-state index contributed by atoms with van der Waals surface area (Å²) in [5, 5.41) is 6.61. The lowest BCUT2D eigenvalue weighted by atomic mass is 10.1. The summed E-state index contributed by atoms with van der Waals surface area (Å²) in [5.41, 5.74) is 6.74. The van der Waals surface area contributed by atoms with Crippen LogP contribution in [0.2, 0.25) is 5.02 Å². The molecule has 0 spiro atoms. The van der Waals surface area contributed by atoms with Crippen molar-refractivity contribution in [3.05, 3.63) is 39.3 Å². The number of rotatable bonds is 2. The van der Waals surface area contributed by atoms with E-state index in [1.165, 1.54) is 0 Å². The third kappa shape index (κ3) is 1.93. The van der Waals surface area contributed by atoms with E-state index in [2.05, 4.69) is 15.2 Å². The van der Waals surface area contributed by atoms with Gasteiger partial charge >= 0.3 is 5.69 Å². The number of hydrogen-bond donors (Lipinski definition) is 3. The van der Waals surface area contributed by atoms with Gasteiger partial charge in [0.15, 0.2) is 5.82 Å². The summed E-state index contributed by atoms with van der Waals surface area (Å²) in [6.45, 7) is 0.415. The van der Waals surface area contributed by atoms with Gasteiger partial charge in [-0.05, 0) is 17.7 Å². The predicted octanol–water partition coefficient (Wildman–Crippen LogP) is 0.877. The molecule has 4 N–H and O–H groups in total. The lowest BCUT2D eigenvalue weighted by molar-refractivity contribution is 1.05. The van der Waals surface area contributed by atoms with Crippen molar-refractivity contribution >= 4 is 11.6 Å². The Labute approximate surface area is 90.3 Å². The highest BCUT2D eigenvalue weighted by Crippen LogP contribution is 2.25. The van der Waals surface area contributed by atoms with Gasteiger partial charge in [0, 0.05) is 12.1 Å². The zero-order valence-electron chi connectivity index (χ0n) is 7.75. The summed E-state index contributed by atoms with van der Waals surface area (Å²) in [4.78, 5) is 13.4. The van der Waals surface area contributed by atoms with Gasteiger partial charge in [-0.1, -0.05) is 17.7 Å². The van der Waals surface area contributed by atoms with Gasteiger partial charge in [0.25, 0.3) is 0 Å². The molecule has 0 unspecified atom stereocenters. The second kappa shape index (κ2) is 3.88. The first kappa shape index (κ1) is 9.95. The van der Waals surface area contributed by atoms with E-state index in [0.29, 0.717) is 23.0 Å². The number of nitrogens with two attached hydrogens (primary N) is 1. The fourth-order valence-corrected chi connectivity index (χ4v) is 1.49. The first-order valence-electron chi connectivity index (χ1n) is 4.34. The van der Waals surface area contributed by atoms with Crippen molar-refractivity contribution in [1.29, 1.82) is 0 Å². The molecule has 0 aliphatic carbocycles. The summed E-state index contributed by atoms with van der Waals surface area (Å²) < 4.78 is 0. The molecule has 78 valence electrons. The van der Waals surface area contributed by atoms with Gasteiger partial charge in [-0.25, -0.2) is 9.89 Å². The molecule has 15 heavy (non-hydrogen) atoms. The minimum absolute atomic E-state index is 0.362. The quantitative estimate of drug-likeness (QED) is 0.708. The highest BCUT2D eigenvalue weighted by atomic mass is 35.5. The Bertz CT molecular complexity index is 531. The van der Waals surface area contributed by atoms with E-state index in [1.807, 2.05) is 6.07 Å². The van der Waals surface area contributed by atoms with Crippen LogP contribution in [0.5, 0.6) is 0 Å². The maximum atomic E-state index is 10.9. The Morgan fingerprint density at radius 2 is 2.27 bits per heavy atom. The lowest BCUT2D eigenvalue weighted by Crippen LogP contribution is -2.00. The van der Waals surface area contributed by atoms with Crippen LogP contribution >= 0.6 is 11.6 Å². The molecular formula is C9H9ClN4O. The molecule has 0 atom stereocenters. The number of H-pyrrole nitrogens is 2. The molecule has 5 nitrogen and oxygen atoms in total. The maximum absolute atomic E-state index is 10.9. The molecule has 0 amide bonds. The molecular weight excluding hydrogens is 216 g/mol. The highest BCUT2D eigenvalue weighted by molar-refractivity contribution is 6.33. The first-order valence-corrected chi connectivity index (χ1v) is 4.72. The van der Waals surface area contributed by atoms with Crippen LogP contribution in [0.15, 0.2) is 23.0 Å². The van der Waals surface area contributed by atoms with E-state index in [0.717, 1.165) is 5.56 Å². The number of aromatic amines is 2. The second-order valence-corrected chi connectivity index (χ2v) is 3.45. The molecule has 1 heterocycles. The van der Waals surface area contributed by atoms with Crippen LogP contribution in [0.1, 0.15) is 5.56 Å². The zero-order valence-corrected chi connectivity index (χ0v) is 8.51. The topological polar surface area (TPSA) is 87.6 Å². The van der Waals surface area contributed by atoms with E-state index in [-0.39, 0.29) is 5.69 Å². The number of halogens is 1. The van der Waals surface area contributed by atoms with Crippen molar-refractivity contribution in [3.8, 4) is 11.4 Å². The molecule has 0 saturated carbocycles. The molecule has 0 bridgehead atoms. The Morgan fingerprint density at radius 1 is 1.47 bits per heavy atom. The smallest absolute Gasteiger partial charge is 0.326 e. The van der Waals surface area contributed by atoms with E-state index in [1.54, 1.807) is 12.1 Å². The summed E-state index contributed by atoms with van der Waals surface area (Å²) in [6.07, 6.45) is 0. The molecule has 0 saturated heterocycles. The number of nitrogens with one attached hydrogen (secondary N) is 2. The molecule has 0 radical (unpaired) electrons. The van der Waals surface area contributed by atoms with E-state index in [9.17, 15) is 4.79 Å². The molecule has 0 fully saturated rings. The maximum Gasteiger partial charge on any atom is 0.340 e. The normalized spacial score (nSPS) is 10.5. The highest BCUT2D eigenvalue weighted by Gasteiger charge is 2.07. The molecule has 2 aromatic rings. The van der Waals surface area contributed by atoms with Gasteiger partial charge in [0.1, 0.15) is 0 Å². The van der Waals surface area contributed by atoms with Crippen molar-refractivity contribution in [2.45, 2.75) is 6.54 Å². The molecule has 0 aliphatic heterocycles. The Hall–Kier alpha value is -1.59. The van der Waals surface area contributed by atoms with E-state index < -0.39 is 0 Å². The number of aromatic nitrogens is 3. The van der Waals surface area contributed by atoms with Gasteiger partial charge in [-0.15, -0.1) is 0 Å². The molecule has 1 aromatic heterocycles. The fourth-order valence-electron chi connectivity index (χ4n) is 1.28. The number of nitrogens with zero attached hydrogens (tertiary/aromatic N) is 1. The molecule has 6 heteroatoms. The Kier molecular flexibility index (Phi) is 2.57. The van der Waals surface area contributed by atoms with Crippen LogP contribution in [-0.2, 0) is 6.54 Å². The van der Waals surface area contributed by atoms with Crippen molar-refractivity contribution < 1.29 is 0 Å². The van der Waals surface area contributed by atoms with Gasteiger partial charge in [0.2, 0.25) is 0 Å². The van der Waals surface area contributed by atoms with Crippen molar-refractivity contribution in [1.82, 2.24) is 15.2 Å². The van der Waals surface area contributed by atoms with Gasteiger partial charge < -0.3 is 5.73 Å². The zero-order chi connectivity index (χ0) is 10.8. The van der Waals surface area contributed by atoms with Gasteiger partial charge in [0.05, 0.1) is 5.02 Å². The Balaban J connectivity index is 2.56. The van der Waals surface area contributed by atoms with Crippen LogP contribution in [-0.4, -0.2) is 15.2 Å². The summed E-state index contributed by atoms with van der Waals surface area (Å²) >= 11 is 5.98. The Morgan fingerprint density at radius 3 is 2.87 bits per heavy atom. The first-order chi connectivity index (χ1) is 7.20. The average molecular weight is 225 g/mol. The summed E-state index contributed by atoms with van der Waals surface area (Å²) in [5.74, 6) is 0.417. The minimum atomic E-state index is -0.362. The van der Waals surface area contributed by atoms with Gasteiger partial charge in [-0.3, -0.25) is 4.98 Å². The monoisotopic (exact) mass is 224 g/mol. The van der Waals surface area contributed by atoms with E-state index >= 15 is 0 Å². The third-order valence-electron chi connectivity index (χ3n) is 2.02. The van der Waals surface area contributed by atoms with Crippen LogP contribution in [0.25, 0.3) is 11.4 Å². The third-order valence-corrected chi connectivity index (χ3v) is 2.35. The molecule has 0 aliphatic rings. The van der Waals surface area contributed by atoms with Crippen LogP contribution < -0.4 is 11.4 Å². The van der Waals surface area contributed by atoms with Crippen molar-refractivity contribution in [2.75, 3.05) is 0 Å². The average Bonchev–Trinajstić information content (AvgIpc) is 2.65. The van der Waals surface area contributed by atoms with Crippen molar-refractivity contribution in [2.24, 2.45) is 5.73 Å². The SMILES string of the molecule is NCc1ccc(Cl)c(-c2n[nH]c(=O)[nH]2)c1. The molecule has 1 aromatic carbocycles. The van der Waals surface area contributed by atoms with Crippen LogP contribution in [0.4, 0.5) is 0 Å². The molecule has 2 rings (SSSR count). The minimum Gasteiger partial charge on any atom is -0.326 e. The van der Waals surface area contributed by atoms with Crippen LogP contribution in [0, 0.1) is 0 Å². The lowest BCUT2D eigenvalue weighted by Gasteiger charge is -2.02. The largest absolute Gasteiger partial charge is 0.340 e. The predicted molar refractivity (Wildman–Crippen MR) is 57.5 cm³/mol. The second-order valence-electron chi connectivity index (χ2n) is 3.04. The number of hydrogen-bond acceptors (Lipinski definition) is 3. The summed E-state index contributed by atoms with van der Waals surface area (Å²) in [7, 11) is 0. The van der Waals surface area contributed by atoms with Crippen LogP contribution in [0.3, 0.4) is 0 Å². The number of benzene rings is 1. The fraction of sp³-hybridized carbons (Fsp3) is 0.111. The standard InChI is InChI=1S/C9H9ClN4O/c10-7-2-1-5(4-11)3-6(7)8-12-9(15)14-13-8/h1-3H,4,11H2,(H2,12,13,14,15). The summed E-state index contributed by atoms with van der Waals surface area (Å²) in [6, 6.07) is 5.36. The van der Waals surface area contributed by atoms with Gasteiger partial charge in [-0.2, -0.15) is 5.10 Å².